The Morgan fingerprint density at radius 1 is 1.23 bits per heavy atom. The van der Waals surface area contributed by atoms with Crippen molar-refractivity contribution in [3.05, 3.63) is 63.4 Å². The van der Waals surface area contributed by atoms with Crippen LogP contribution in [0.3, 0.4) is 0 Å². The molecule has 0 saturated carbocycles. The first-order chi connectivity index (χ1) is 14.4. The van der Waals surface area contributed by atoms with Gasteiger partial charge in [0.25, 0.3) is 0 Å². The number of amides is 1. The topological polar surface area (TPSA) is 78.4 Å². The first-order valence-corrected chi connectivity index (χ1v) is 10.8. The van der Waals surface area contributed by atoms with E-state index in [-0.39, 0.29) is 16.3 Å². The Hall–Kier alpha value is -2.15. The third-order valence-electron chi connectivity index (χ3n) is 6.17. The van der Waals surface area contributed by atoms with E-state index in [9.17, 15) is 19.1 Å². The van der Waals surface area contributed by atoms with E-state index in [1.807, 2.05) is 20.8 Å². The predicted molar refractivity (Wildman–Crippen MR) is 118 cm³/mol. The van der Waals surface area contributed by atoms with Crippen LogP contribution < -0.4 is 10.6 Å². The summed E-state index contributed by atoms with van der Waals surface area (Å²) < 4.78 is 14.6. The predicted octanol–water partition coefficient (Wildman–Crippen LogP) is 4.97. The number of halogens is 3. The molecule has 2 aromatic rings. The number of carboxylic acids is 1. The molecule has 164 valence electrons. The number of carbonyl (C=O) groups excluding carboxylic acids is 1. The second-order valence-electron chi connectivity index (χ2n) is 9.47. The summed E-state index contributed by atoms with van der Waals surface area (Å²) in [6.45, 7) is 6.04. The van der Waals surface area contributed by atoms with Crippen LogP contribution in [0.4, 0.5) is 10.1 Å². The summed E-state index contributed by atoms with van der Waals surface area (Å²) >= 11 is 12.2. The molecule has 8 heteroatoms. The summed E-state index contributed by atoms with van der Waals surface area (Å²) in [4.78, 5) is 26.0. The second kappa shape index (κ2) is 7.47. The fourth-order valence-corrected chi connectivity index (χ4v) is 5.48. The average Bonchev–Trinajstić information content (AvgIpc) is 3.12. The maximum Gasteiger partial charge on any atom is 0.321 e. The minimum atomic E-state index is -1.35. The lowest BCUT2D eigenvalue weighted by Gasteiger charge is -2.37. The zero-order chi connectivity index (χ0) is 22.7. The molecule has 4 atom stereocenters. The highest BCUT2D eigenvalue weighted by Gasteiger charge is 2.66. The van der Waals surface area contributed by atoms with E-state index in [1.165, 1.54) is 12.1 Å². The number of anilines is 1. The van der Waals surface area contributed by atoms with E-state index in [1.54, 1.807) is 24.3 Å². The summed E-state index contributed by atoms with van der Waals surface area (Å²) in [5, 5.41) is 16.4. The van der Waals surface area contributed by atoms with E-state index in [0.29, 0.717) is 28.3 Å². The smallest absolute Gasteiger partial charge is 0.321 e. The molecular formula is C23H23Cl2FN2O3. The van der Waals surface area contributed by atoms with E-state index in [0.717, 1.165) is 0 Å². The number of benzene rings is 2. The third-order valence-corrected chi connectivity index (χ3v) is 6.70. The van der Waals surface area contributed by atoms with Gasteiger partial charge in [-0.3, -0.25) is 14.9 Å². The largest absolute Gasteiger partial charge is 0.480 e. The van der Waals surface area contributed by atoms with Crippen LogP contribution in [-0.2, 0) is 15.0 Å². The lowest BCUT2D eigenvalue weighted by molar-refractivity contribution is -0.139. The molecule has 1 fully saturated rings. The molecule has 2 heterocycles. The quantitative estimate of drug-likeness (QED) is 0.599. The Balaban J connectivity index is 2.03. The number of nitrogens with one attached hydrogen (secondary N) is 2. The number of carbonyl (C=O) groups is 2. The van der Waals surface area contributed by atoms with Gasteiger partial charge in [-0.05, 0) is 47.2 Å². The van der Waals surface area contributed by atoms with Crippen LogP contribution >= 0.6 is 23.2 Å². The van der Waals surface area contributed by atoms with E-state index in [4.69, 9.17) is 23.2 Å². The molecular weight excluding hydrogens is 442 g/mol. The summed E-state index contributed by atoms with van der Waals surface area (Å²) in [5.41, 5.74) is -0.167. The van der Waals surface area contributed by atoms with Crippen molar-refractivity contribution in [1.29, 1.82) is 0 Å². The molecule has 0 radical (unpaired) electrons. The minimum Gasteiger partial charge on any atom is -0.480 e. The Labute approximate surface area is 189 Å². The molecule has 2 aromatic carbocycles. The molecule has 1 amide bonds. The van der Waals surface area contributed by atoms with Crippen LogP contribution in [0.1, 0.15) is 44.2 Å². The van der Waals surface area contributed by atoms with Gasteiger partial charge in [-0.15, -0.1) is 0 Å². The van der Waals surface area contributed by atoms with Crippen LogP contribution in [0, 0.1) is 11.2 Å². The van der Waals surface area contributed by atoms with Gasteiger partial charge in [-0.2, -0.15) is 0 Å². The molecule has 5 nitrogen and oxygen atoms in total. The summed E-state index contributed by atoms with van der Waals surface area (Å²) in [7, 11) is 0. The average molecular weight is 465 g/mol. The van der Waals surface area contributed by atoms with Crippen LogP contribution in [0.25, 0.3) is 0 Å². The van der Waals surface area contributed by atoms with Crippen molar-refractivity contribution in [1.82, 2.24) is 5.32 Å². The zero-order valence-electron chi connectivity index (χ0n) is 17.3. The standard InChI is InChI=1S/C23H23Cl2FN2O3/c1-22(2,3)10-17-23(13-8-15(26)14(25)9-16(13)27-21(23)31)18(19(28-17)20(29)30)11-5-4-6-12(24)7-11/h4-9,17-19,28H,10H2,1-3H3,(H,27,31)(H,29,30)/t17-,18-,19+,23+/m0/s1. The molecule has 0 bridgehead atoms. The fourth-order valence-electron chi connectivity index (χ4n) is 5.12. The van der Waals surface area contributed by atoms with E-state index < -0.39 is 35.2 Å². The van der Waals surface area contributed by atoms with Crippen molar-refractivity contribution >= 4 is 40.8 Å². The van der Waals surface area contributed by atoms with Crippen molar-refractivity contribution in [2.45, 2.75) is 50.6 Å². The zero-order valence-corrected chi connectivity index (χ0v) is 18.8. The minimum absolute atomic E-state index is 0.108. The summed E-state index contributed by atoms with van der Waals surface area (Å²) in [6.07, 6.45) is 0.491. The summed E-state index contributed by atoms with van der Waals surface area (Å²) in [5.74, 6) is -2.93. The molecule has 0 aromatic heterocycles. The van der Waals surface area contributed by atoms with E-state index in [2.05, 4.69) is 10.6 Å². The van der Waals surface area contributed by atoms with Gasteiger partial charge < -0.3 is 10.4 Å². The van der Waals surface area contributed by atoms with Crippen molar-refractivity contribution in [3.8, 4) is 0 Å². The molecule has 0 aliphatic carbocycles. The van der Waals surface area contributed by atoms with E-state index >= 15 is 0 Å². The lowest BCUT2D eigenvalue weighted by atomic mass is 9.62. The molecule has 3 N–H and O–H groups in total. The van der Waals surface area contributed by atoms with Crippen LogP contribution in [0.15, 0.2) is 36.4 Å². The van der Waals surface area contributed by atoms with Gasteiger partial charge in [0.1, 0.15) is 17.3 Å². The number of rotatable bonds is 3. The van der Waals surface area contributed by atoms with Gasteiger partial charge in [0.15, 0.2) is 0 Å². The monoisotopic (exact) mass is 464 g/mol. The summed E-state index contributed by atoms with van der Waals surface area (Å²) in [6, 6.07) is 7.85. The molecule has 2 aliphatic heterocycles. The third kappa shape index (κ3) is 3.51. The molecule has 1 spiro atoms. The Kier molecular flexibility index (Phi) is 5.31. The molecule has 1 saturated heterocycles. The van der Waals surface area contributed by atoms with Gasteiger partial charge in [0.2, 0.25) is 5.91 Å². The number of aliphatic carboxylic acids is 1. The molecule has 2 aliphatic rings. The van der Waals surface area contributed by atoms with Crippen LogP contribution in [0.2, 0.25) is 10.0 Å². The van der Waals surface area contributed by atoms with Crippen molar-refractivity contribution in [2.75, 3.05) is 5.32 Å². The number of hydrogen-bond donors (Lipinski definition) is 3. The number of carboxylic acid groups (broad SMARTS) is 1. The van der Waals surface area contributed by atoms with Crippen LogP contribution in [-0.4, -0.2) is 29.1 Å². The van der Waals surface area contributed by atoms with Crippen molar-refractivity contribution in [3.63, 3.8) is 0 Å². The maximum atomic E-state index is 14.6. The first-order valence-electron chi connectivity index (χ1n) is 10.0. The van der Waals surface area contributed by atoms with Crippen molar-refractivity contribution in [2.24, 2.45) is 5.41 Å². The highest BCUT2D eigenvalue weighted by atomic mass is 35.5. The Bertz CT molecular complexity index is 1080. The second-order valence-corrected chi connectivity index (χ2v) is 10.3. The highest BCUT2D eigenvalue weighted by Crippen LogP contribution is 2.57. The van der Waals surface area contributed by atoms with Gasteiger partial charge >= 0.3 is 5.97 Å². The SMILES string of the molecule is CC(C)(C)C[C@@H]1N[C@@H](C(=O)O)[C@H](c2cccc(Cl)c2)[C@]12C(=O)Nc1cc(Cl)c(F)cc12. The molecule has 31 heavy (non-hydrogen) atoms. The van der Waals surface area contributed by atoms with Crippen LogP contribution in [0.5, 0.6) is 0 Å². The highest BCUT2D eigenvalue weighted by molar-refractivity contribution is 6.31. The number of hydrogen-bond acceptors (Lipinski definition) is 3. The maximum absolute atomic E-state index is 14.6. The van der Waals surface area contributed by atoms with Gasteiger partial charge in [-0.1, -0.05) is 56.1 Å². The molecule has 4 rings (SSSR count). The van der Waals surface area contributed by atoms with Gasteiger partial charge in [0, 0.05) is 22.7 Å². The lowest BCUT2D eigenvalue weighted by Crippen LogP contribution is -2.49. The Morgan fingerprint density at radius 2 is 1.94 bits per heavy atom. The molecule has 0 unspecified atom stereocenters. The van der Waals surface area contributed by atoms with Crippen molar-refractivity contribution < 1.29 is 19.1 Å². The Morgan fingerprint density at radius 3 is 2.55 bits per heavy atom. The normalized spacial score (nSPS) is 27.4. The van der Waals surface area contributed by atoms with Gasteiger partial charge in [-0.25, -0.2) is 4.39 Å². The first kappa shape index (κ1) is 22.1. The fraction of sp³-hybridized carbons (Fsp3) is 0.391. The van der Waals surface area contributed by atoms with Gasteiger partial charge in [0.05, 0.1) is 5.02 Å². The number of fused-ring (bicyclic) bond motifs is 2.